The summed E-state index contributed by atoms with van der Waals surface area (Å²) in [6.07, 6.45) is 3.16. The van der Waals surface area contributed by atoms with E-state index in [2.05, 4.69) is 4.98 Å². The van der Waals surface area contributed by atoms with E-state index < -0.39 is 5.60 Å². The second kappa shape index (κ2) is 5.79. The molecule has 1 amide bonds. The first-order chi connectivity index (χ1) is 9.40. The molecule has 20 heavy (non-hydrogen) atoms. The van der Waals surface area contributed by atoms with Crippen molar-refractivity contribution in [1.29, 1.82) is 0 Å². The first-order valence-electron chi connectivity index (χ1n) is 6.89. The van der Waals surface area contributed by atoms with Crippen molar-refractivity contribution in [2.45, 2.75) is 32.3 Å². The van der Waals surface area contributed by atoms with Crippen LogP contribution in [0.2, 0.25) is 0 Å². The molecule has 0 unspecified atom stereocenters. The van der Waals surface area contributed by atoms with Crippen LogP contribution >= 0.6 is 0 Å². The van der Waals surface area contributed by atoms with Crippen LogP contribution in [0, 0.1) is 5.92 Å². The Hall–Kier alpha value is -1.62. The van der Waals surface area contributed by atoms with Crippen molar-refractivity contribution in [2.75, 3.05) is 19.7 Å². The molecule has 1 aliphatic rings. The van der Waals surface area contributed by atoms with Crippen molar-refractivity contribution in [3.8, 4) is 0 Å². The van der Waals surface area contributed by atoms with E-state index in [1.807, 2.05) is 32.9 Å². The molecule has 0 bridgehead atoms. The maximum absolute atomic E-state index is 12.1. The molecule has 5 heteroatoms. The highest BCUT2D eigenvalue weighted by Crippen LogP contribution is 2.32. The Morgan fingerprint density at radius 1 is 1.40 bits per heavy atom. The van der Waals surface area contributed by atoms with Crippen LogP contribution in [0.1, 0.15) is 32.3 Å². The Morgan fingerprint density at radius 2 is 2.05 bits per heavy atom. The van der Waals surface area contributed by atoms with E-state index >= 15 is 0 Å². The highest BCUT2D eigenvalue weighted by Gasteiger charge is 2.37. The number of nitrogens with zero attached hydrogens (tertiary/aromatic N) is 2. The van der Waals surface area contributed by atoms with Crippen LogP contribution in [-0.4, -0.2) is 46.4 Å². The van der Waals surface area contributed by atoms with Gasteiger partial charge in [0.25, 0.3) is 0 Å². The molecule has 2 rings (SSSR count). The molecule has 1 N–H and O–H groups in total. The number of hydrogen-bond acceptors (Lipinski definition) is 4. The van der Waals surface area contributed by atoms with Crippen molar-refractivity contribution >= 4 is 6.09 Å². The van der Waals surface area contributed by atoms with Gasteiger partial charge in [0.1, 0.15) is 5.60 Å². The quantitative estimate of drug-likeness (QED) is 0.899. The van der Waals surface area contributed by atoms with Crippen molar-refractivity contribution < 1.29 is 14.6 Å². The summed E-state index contributed by atoms with van der Waals surface area (Å²) >= 11 is 0. The normalized spacial score (nSPS) is 22.9. The van der Waals surface area contributed by atoms with Crippen LogP contribution in [0.5, 0.6) is 0 Å². The summed E-state index contributed by atoms with van der Waals surface area (Å²) in [6.45, 7) is 6.72. The Morgan fingerprint density at radius 3 is 2.60 bits per heavy atom. The molecule has 0 aliphatic carbocycles. The third-order valence-electron chi connectivity index (χ3n) is 3.46. The maximum atomic E-state index is 12.1. The Bertz CT molecular complexity index is 456. The van der Waals surface area contributed by atoms with Crippen molar-refractivity contribution in [2.24, 2.45) is 5.92 Å². The highest BCUT2D eigenvalue weighted by atomic mass is 16.6. The fourth-order valence-electron chi connectivity index (χ4n) is 2.52. The van der Waals surface area contributed by atoms with E-state index in [0.29, 0.717) is 13.1 Å². The zero-order valence-electron chi connectivity index (χ0n) is 12.2. The number of aliphatic hydroxyl groups is 1. The second-order valence-electron chi connectivity index (χ2n) is 6.22. The van der Waals surface area contributed by atoms with Gasteiger partial charge < -0.3 is 14.7 Å². The molecule has 1 aromatic heterocycles. The molecular formula is C15H22N2O3. The molecule has 110 valence electrons. The zero-order valence-corrected chi connectivity index (χ0v) is 12.2. The van der Waals surface area contributed by atoms with E-state index in [1.54, 1.807) is 17.3 Å². The molecule has 1 saturated heterocycles. The number of amides is 1. The van der Waals surface area contributed by atoms with E-state index in [9.17, 15) is 9.90 Å². The maximum Gasteiger partial charge on any atom is 0.410 e. The van der Waals surface area contributed by atoms with E-state index in [0.717, 1.165) is 5.56 Å². The molecule has 0 saturated carbocycles. The number of carbonyl (C=O) groups excluding carboxylic acids is 1. The van der Waals surface area contributed by atoms with Crippen molar-refractivity contribution in [3.05, 3.63) is 30.1 Å². The minimum absolute atomic E-state index is 0.0462. The van der Waals surface area contributed by atoms with Gasteiger partial charge in [-0.15, -0.1) is 0 Å². The third kappa shape index (κ3) is 3.48. The van der Waals surface area contributed by atoms with Gasteiger partial charge in [-0.3, -0.25) is 4.98 Å². The van der Waals surface area contributed by atoms with Gasteiger partial charge in [-0.25, -0.2) is 4.79 Å². The topological polar surface area (TPSA) is 62.7 Å². The molecule has 1 fully saturated rings. The van der Waals surface area contributed by atoms with Gasteiger partial charge in [0, 0.05) is 43.9 Å². The van der Waals surface area contributed by atoms with E-state index in [4.69, 9.17) is 4.74 Å². The summed E-state index contributed by atoms with van der Waals surface area (Å²) in [4.78, 5) is 17.8. The minimum Gasteiger partial charge on any atom is -0.444 e. The summed E-state index contributed by atoms with van der Waals surface area (Å²) in [7, 11) is 0. The summed E-state index contributed by atoms with van der Waals surface area (Å²) < 4.78 is 5.39. The van der Waals surface area contributed by atoms with Crippen molar-refractivity contribution in [3.63, 3.8) is 0 Å². The van der Waals surface area contributed by atoms with Gasteiger partial charge in [-0.05, 0) is 38.5 Å². The number of hydrogen-bond donors (Lipinski definition) is 1. The SMILES string of the molecule is CC(C)(C)OC(=O)N1C[C@@H](CO)[C@H](c2ccncc2)C1. The molecule has 0 radical (unpaired) electrons. The van der Waals surface area contributed by atoms with Crippen LogP contribution in [0.3, 0.4) is 0 Å². The standard InChI is InChI=1S/C15H22N2O3/c1-15(2,3)20-14(19)17-8-12(10-18)13(9-17)11-4-6-16-7-5-11/h4-7,12-13,18H,8-10H2,1-3H3/t12-,13-/m0/s1. The number of likely N-dealkylation sites (tertiary alicyclic amines) is 1. The Labute approximate surface area is 119 Å². The number of ether oxygens (including phenoxy) is 1. The highest BCUT2D eigenvalue weighted by molar-refractivity contribution is 5.68. The first-order valence-corrected chi connectivity index (χ1v) is 6.89. The number of rotatable bonds is 2. The predicted octanol–water partition coefficient (Wildman–Crippen LogP) is 2.02. The average molecular weight is 278 g/mol. The molecule has 2 atom stereocenters. The Kier molecular flexibility index (Phi) is 4.28. The lowest BCUT2D eigenvalue weighted by molar-refractivity contribution is 0.0283. The predicted molar refractivity (Wildman–Crippen MR) is 75.4 cm³/mol. The van der Waals surface area contributed by atoms with Crippen LogP contribution in [0.4, 0.5) is 4.79 Å². The monoisotopic (exact) mass is 278 g/mol. The third-order valence-corrected chi connectivity index (χ3v) is 3.46. The molecule has 5 nitrogen and oxygen atoms in total. The summed E-state index contributed by atoms with van der Waals surface area (Å²) in [6, 6.07) is 3.87. The second-order valence-corrected chi connectivity index (χ2v) is 6.22. The number of aromatic nitrogens is 1. The lowest BCUT2D eigenvalue weighted by Crippen LogP contribution is -2.35. The van der Waals surface area contributed by atoms with Gasteiger partial charge in [0.15, 0.2) is 0 Å². The fraction of sp³-hybridized carbons (Fsp3) is 0.600. The zero-order chi connectivity index (χ0) is 14.8. The van der Waals surface area contributed by atoms with Crippen LogP contribution in [0.15, 0.2) is 24.5 Å². The largest absolute Gasteiger partial charge is 0.444 e. The van der Waals surface area contributed by atoms with Gasteiger partial charge in [0.05, 0.1) is 0 Å². The van der Waals surface area contributed by atoms with Gasteiger partial charge in [0.2, 0.25) is 0 Å². The van der Waals surface area contributed by atoms with E-state index in [1.165, 1.54) is 0 Å². The summed E-state index contributed by atoms with van der Waals surface area (Å²) in [5.41, 5.74) is 0.602. The lowest BCUT2D eigenvalue weighted by Gasteiger charge is -2.24. The first kappa shape index (κ1) is 14.8. The number of pyridine rings is 1. The van der Waals surface area contributed by atoms with Crippen LogP contribution in [0.25, 0.3) is 0 Å². The number of aliphatic hydroxyl groups excluding tert-OH is 1. The molecule has 1 aliphatic heterocycles. The molecule has 2 heterocycles. The average Bonchev–Trinajstić information content (AvgIpc) is 2.82. The van der Waals surface area contributed by atoms with Gasteiger partial charge in [-0.2, -0.15) is 0 Å². The smallest absolute Gasteiger partial charge is 0.410 e. The molecule has 0 spiro atoms. The van der Waals surface area contributed by atoms with E-state index in [-0.39, 0.29) is 24.5 Å². The molecule has 0 aromatic carbocycles. The van der Waals surface area contributed by atoms with Crippen LogP contribution < -0.4 is 0 Å². The minimum atomic E-state index is -0.499. The molecule has 1 aromatic rings. The summed E-state index contributed by atoms with van der Waals surface area (Å²) in [5.74, 6) is 0.181. The van der Waals surface area contributed by atoms with Gasteiger partial charge >= 0.3 is 6.09 Å². The summed E-state index contributed by atoms with van der Waals surface area (Å²) in [5, 5.41) is 9.54. The Balaban J connectivity index is 2.08. The molecular weight excluding hydrogens is 256 g/mol. The van der Waals surface area contributed by atoms with Crippen molar-refractivity contribution in [1.82, 2.24) is 9.88 Å². The fourth-order valence-corrected chi connectivity index (χ4v) is 2.52. The lowest BCUT2D eigenvalue weighted by atomic mass is 9.90. The van der Waals surface area contributed by atoms with Gasteiger partial charge in [-0.1, -0.05) is 0 Å². The van der Waals surface area contributed by atoms with Crippen LogP contribution in [-0.2, 0) is 4.74 Å². The number of carbonyl (C=O) groups is 1.